The first-order valence-electron chi connectivity index (χ1n) is 4.01. The Kier molecular flexibility index (Phi) is 3.40. The van der Waals surface area contributed by atoms with Crippen LogP contribution in [0.15, 0.2) is 16.4 Å². The summed E-state index contributed by atoms with van der Waals surface area (Å²) in [5.74, 6) is -0.169. The van der Waals surface area contributed by atoms with E-state index in [0.29, 0.717) is 12.1 Å². The number of methoxy groups -OCH3 is 1. The van der Waals surface area contributed by atoms with Crippen molar-refractivity contribution in [3.05, 3.63) is 11.4 Å². The molecule has 0 unspecified atom stereocenters. The molecule has 0 bridgehead atoms. The number of ether oxygens (including phenoxy) is 1. The lowest BCUT2D eigenvalue weighted by atomic mass is 10.2. The molecule has 5 nitrogen and oxygen atoms in total. The normalized spacial score (nSPS) is 16.8. The lowest BCUT2D eigenvalue weighted by Gasteiger charge is -2.24. The van der Waals surface area contributed by atoms with Gasteiger partial charge in [0.25, 0.3) is 0 Å². The van der Waals surface area contributed by atoms with E-state index in [-0.39, 0.29) is 5.82 Å². The maximum atomic E-state index is 11.3. The number of hydrogen-bond acceptors (Lipinski definition) is 6. The highest BCUT2D eigenvalue weighted by molar-refractivity contribution is 8.13. The molecule has 0 fully saturated rings. The van der Waals surface area contributed by atoms with Gasteiger partial charge in [-0.3, -0.25) is 0 Å². The highest BCUT2D eigenvalue weighted by Crippen LogP contribution is 2.16. The number of hydrogen-bond donors (Lipinski definition) is 1. The molecule has 0 saturated heterocycles. The quantitative estimate of drug-likeness (QED) is 0.623. The number of nitrogens with two attached hydrogens (primary N) is 1. The van der Waals surface area contributed by atoms with Gasteiger partial charge in [-0.2, -0.15) is 0 Å². The molecule has 2 N–H and O–H groups in total. The fourth-order valence-electron chi connectivity index (χ4n) is 1.14. The zero-order chi connectivity index (χ0) is 10.7. The summed E-state index contributed by atoms with van der Waals surface area (Å²) in [6.45, 7) is 0.443. The summed E-state index contributed by atoms with van der Waals surface area (Å²) in [7, 11) is 3.18. The number of thioether (sulfide) groups is 1. The minimum atomic E-state index is -0.418. The average Bonchev–Trinajstić information content (AvgIpc) is 2.19. The SMILES string of the molecule is COC(=O)C1=C(N)N=C(SC)N(C)C1. The van der Waals surface area contributed by atoms with Gasteiger partial charge in [-0.15, -0.1) is 0 Å². The van der Waals surface area contributed by atoms with E-state index in [9.17, 15) is 4.79 Å². The van der Waals surface area contributed by atoms with Gasteiger partial charge in [-0.1, -0.05) is 11.8 Å². The van der Waals surface area contributed by atoms with E-state index >= 15 is 0 Å². The Morgan fingerprint density at radius 3 is 2.86 bits per heavy atom. The summed E-state index contributed by atoms with van der Waals surface area (Å²) in [6.07, 6.45) is 1.91. The molecular weight excluding hydrogens is 202 g/mol. The van der Waals surface area contributed by atoms with Crippen LogP contribution in [0.3, 0.4) is 0 Å². The van der Waals surface area contributed by atoms with Crippen LogP contribution in [0.4, 0.5) is 0 Å². The topological polar surface area (TPSA) is 67.9 Å². The number of likely N-dealkylation sites (N-methyl/N-ethyl adjacent to an activating group) is 1. The van der Waals surface area contributed by atoms with Crippen LogP contribution in [0.5, 0.6) is 0 Å². The zero-order valence-corrected chi connectivity index (χ0v) is 9.22. The molecule has 0 spiro atoms. The average molecular weight is 215 g/mol. The van der Waals surface area contributed by atoms with Crippen LogP contribution in [-0.4, -0.2) is 43.0 Å². The molecule has 14 heavy (non-hydrogen) atoms. The fourth-order valence-corrected chi connectivity index (χ4v) is 1.70. The van der Waals surface area contributed by atoms with E-state index in [2.05, 4.69) is 9.73 Å². The van der Waals surface area contributed by atoms with Crippen molar-refractivity contribution in [2.24, 2.45) is 10.7 Å². The molecule has 0 atom stereocenters. The summed E-state index contributed by atoms with van der Waals surface area (Å²) >= 11 is 1.49. The molecular formula is C8H13N3O2S. The molecule has 6 heteroatoms. The van der Waals surface area contributed by atoms with Gasteiger partial charge in [-0.05, 0) is 6.26 Å². The highest BCUT2D eigenvalue weighted by atomic mass is 32.2. The lowest BCUT2D eigenvalue weighted by molar-refractivity contribution is -0.136. The minimum Gasteiger partial charge on any atom is -0.466 e. The van der Waals surface area contributed by atoms with Gasteiger partial charge in [0.15, 0.2) is 5.17 Å². The van der Waals surface area contributed by atoms with Crippen molar-refractivity contribution >= 4 is 22.9 Å². The molecule has 1 aliphatic heterocycles. The Labute approximate surface area is 87.0 Å². The minimum absolute atomic E-state index is 0.249. The van der Waals surface area contributed by atoms with E-state index in [1.165, 1.54) is 18.9 Å². The van der Waals surface area contributed by atoms with Gasteiger partial charge in [0, 0.05) is 7.05 Å². The van der Waals surface area contributed by atoms with Crippen LogP contribution in [0.25, 0.3) is 0 Å². The number of carbonyl (C=O) groups excluding carboxylic acids is 1. The lowest BCUT2D eigenvalue weighted by Crippen LogP contribution is -2.34. The Balaban J connectivity index is 2.97. The zero-order valence-electron chi connectivity index (χ0n) is 8.40. The molecule has 0 aromatic heterocycles. The molecule has 0 radical (unpaired) electrons. The van der Waals surface area contributed by atoms with Gasteiger partial charge < -0.3 is 15.4 Å². The molecule has 0 amide bonds. The Bertz CT molecular complexity index is 312. The largest absolute Gasteiger partial charge is 0.466 e. The Morgan fingerprint density at radius 2 is 2.36 bits per heavy atom. The number of amidine groups is 1. The number of aliphatic imine (C=N–C) groups is 1. The first-order valence-corrected chi connectivity index (χ1v) is 5.23. The molecule has 0 saturated carbocycles. The summed E-state index contributed by atoms with van der Waals surface area (Å²) < 4.78 is 4.60. The van der Waals surface area contributed by atoms with E-state index < -0.39 is 5.97 Å². The third-order valence-corrected chi connectivity index (χ3v) is 2.63. The van der Waals surface area contributed by atoms with Gasteiger partial charge in [-0.25, -0.2) is 9.79 Å². The highest BCUT2D eigenvalue weighted by Gasteiger charge is 2.22. The monoisotopic (exact) mass is 215 g/mol. The van der Waals surface area contributed by atoms with Gasteiger partial charge in [0.1, 0.15) is 5.82 Å². The van der Waals surface area contributed by atoms with Crippen LogP contribution < -0.4 is 5.73 Å². The van der Waals surface area contributed by atoms with Crippen molar-refractivity contribution in [1.29, 1.82) is 0 Å². The van der Waals surface area contributed by atoms with E-state index in [1.54, 1.807) is 0 Å². The van der Waals surface area contributed by atoms with Crippen molar-refractivity contribution in [2.45, 2.75) is 0 Å². The molecule has 0 aromatic carbocycles. The number of esters is 1. The molecule has 1 aliphatic rings. The van der Waals surface area contributed by atoms with Crippen molar-refractivity contribution in [2.75, 3.05) is 27.0 Å². The summed E-state index contributed by atoms with van der Waals surface area (Å²) in [6, 6.07) is 0. The molecule has 1 rings (SSSR count). The second-order valence-corrected chi connectivity index (χ2v) is 3.58. The van der Waals surface area contributed by atoms with E-state index in [0.717, 1.165) is 5.17 Å². The van der Waals surface area contributed by atoms with Crippen molar-refractivity contribution < 1.29 is 9.53 Å². The third-order valence-electron chi connectivity index (χ3n) is 1.86. The summed E-state index contributed by atoms with van der Waals surface area (Å²) in [4.78, 5) is 17.2. The third kappa shape index (κ3) is 2.01. The molecule has 1 heterocycles. The van der Waals surface area contributed by atoms with Crippen molar-refractivity contribution in [1.82, 2.24) is 4.90 Å². The van der Waals surface area contributed by atoms with Crippen LogP contribution in [-0.2, 0) is 9.53 Å². The van der Waals surface area contributed by atoms with Crippen LogP contribution in [0, 0.1) is 0 Å². The van der Waals surface area contributed by atoms with E-state index in [1.807, 2.05) is 18.2 Å². The summed E-state index contributed by atoms with van der Waals surface area (Å²) in [5, 5.41) is 0.801. The van der Waals surface area contributed by atoms with Crippen LogP contribution in [0.2, 0.25) is 0 Å². The van der Waals surface area contributed by atoms with Gasteiger partial charge in [0.05, 0.1) is 19.2 Å². The Hall–Kier alpha value is -1.17. The number of rotatable bonds is 1. The maximum absolute atomic E-state index is 11.3. The number of nitrogens with zero attached hydrogens (tertiary/aromatic N) is 2. The molecule has 0 aromatic rings. The van der Waals surface area contributed by atoms with Crippen molar-refractivity contribution in [3.63, 3.8) is 0 Å². The van der Waals surface area contributed by atoms with Crippen LogP contribution in [0.1, 0.15) is 0 Å². The first kappa shape index (κ1) is 10.9. The van der Waals surface area contributed by atoms with E-state index in [4.69, 9.17) is 5.73 Å². The molecule has 0 aliphatic carbocycles. The molecule has 78 valence electrons. The van der Waals surface area contributed by atoms with Gasteiger partial charge >= 0.3 is 5.97 Å². The maximum Gasteiger partial charge on any atom is 0.339 e. The standard InChI is InChI=1S/C8H13N3O2S/c1-11-4-5(7(12)13-2)6(9)10-8(11)14-3/h4,9H2,1-3H3. The second kappa shape index (κ2) is 4.36. The first-order chi connectivity index (χ1) is 6.60. The van der Waals surface area contributed by atoms with Crippen molar-refractivity contribution in [3.8, 4) is 0 Å². The fraction of sp³-hybridized carbons (Fsp3) is 0.500. The van der Waals surface area contributed by atoms with Crippen LogP contribution >= 0.6 is 11.8 Å². The second-order valence-electron chi connectivity index (χ2n) is 2.81. The smallest absolute Gasteiger partial charge is 0.339 e. The Morgan fingerprint density at radius 1 is 1.71 bits per heavy atom. The predicted octanol–water partition coefficient (Wildman–Crippen LogP) is -0.00590. The number of carbonyl (C=O) groups is 1. The summed E-state index contributed by atoms with van der Waals surface area (Å²) in [5.41, 5.74) is 6.04. The predicted molar refractivity (Wildman–Crippen MR) is 56.8 cm³/mol. The van der Waals surface area contributed by atoms with Gasteiger partial charge in [0.2, 0.25) is 0 Å².